The average Bonchev–Trinajstić information content (AvgIpc) is 2.50. The Kier molecular flexibility index (Phi) is 4.65. The van der Waals surface area contributed by atoms with Crippen LogP contribution in [0, 0.1) is 5.82 Å². The maximum absolute atomic E-state index is 13.5. The van der Waals surface area contributed by atoms with Crippen molar-refractivity contribution >= 4 is 11.6 Å². The molecule has 110 valence electrons. The first kappa shape index (κ1) is 14.7. The molecule has 21 heavy (non-hydrogen) atoms. The number of rotatable bonds is 5. The number of amides is 1. The van der Waals surface area contributed by atoms with E-state index in [2.05, 4.69) is 15.3 Å². The molecule has 2 rings (SSSR count). The number of hydrogen-bond donors (Lipinski definition) is 1. The largest absolute Gasteiger partial charge is 0.479 e. The molecule has 1 amide bonds. The van der Waals surface area contributed by atoms with Crippen molar-refractivity contribution in [1.29, 1.82) is 0 Å². The number of ether oxygens (including phenoxy) is 2. The highest BCUT2D eigenvalue weighted by molar-refractivity contribution is 5.93. The van der Waals surface area contributed by atoms with Crippen molar-refractivity contribution in [1.82, 2.24) is 9.97 Å². The van der Waals surface area contributed by atoms with Crippen molar-refractivity contribution in [3.05, 3.63) is 41.8 Å². The summed E-state index contributed by atoms with van der Waals surface area (Å²) in [5.74, 6) is -0.651. The second-order valence-corrected chi connectivity index (χ2v) is 4.10. The second kappa shape index (κ2) is 6.65. The van der Waals surface area contributed by atoms with E-state index in [4.69, 9.17) is 9.47 Å². The van der Waals surface area contributed by atoms with Gasteiger partial charge in [0.2, 0.25) is 11.8 Å². The number of anilines is 1. The third-order valence-corrected chi connectivity index (χ3v) is 2.69. The summed E-state index contributed by atoms with van der Waals surface area (Å²) >= 11 is 0. The Morgan fingerprint density at radius 2 is 2.05 bits per heavy atom. The molecule has 0 unspecified atom stereocenters. The average molecular weight is 291 g/mol. The van der Waals surface area contributed by atoms with Crippen LogP contribution in [0.5, 0.6) is 11.9 Å². The van der Waals surface area contributed by atoms with Crippen molar-refractivity contribution in [2.45, 2.75) is 6.42 Å². The lowest BCUT2D eigenvalue weighted by atomic mass is 10.1. The number of methoxy groups -OCH3 is 2. The summed E-state index contributed by atoms with van der Waals surface area (Å²) in [6.45, 7) is 0. The third kappa shape index (κ3) is 3.65. The minimum atomic E-state index is -0.425. The summed E-state index contributed by atoms with van der Waals surface area (Å²) in [5.41, 5.74) is 0.600. The standard InChI is InChI=1S/C14H14FN3O3/c1-20-13-11(8-16-14(18-13)21-2)17-12(19)7-9-5-3-4-6-10(9)15/h3-6,8H,7H2,1-2H3,(H,17,19). The van der Waals surface area contributed by atoms with E-state index >= 15 is 0 Å². The van der Waals surface area contributed by atoms with Crippen LogP contribution < -0.4 is 14.8 Å². The zero-order valence-corrected chi connectivity index (χ0v) is 11.6. The molecule has 0 spiro atoms. The van der Waals surface area contributed by atoms with Gasteiger partial charge in [-0.25, -0.2) is 9.37 Å². The molecule has 2 aromatic rings. The molecule has 0 saturated carbocycles. The molecule has 1 N–H and O–H groups in total. The first-order valence-electron chi connectivity index (χ1n) is 6.12. The van der Waals surface area contributed by atoms with Gasteiger partial charge in [-0.05, 0) is 11.6 Å². The van der Waals surface area contributed by atoms with Gasteiger partial charge in [0.05, 0.1) is 26.8 Å². The fraction of sp³-hybridized carbons (Fsp3) is 0.214. The monoisotopic (exact) mass is 291 g/mol. The summed E-state index contributed by atoms with van der Waals surface area (Å²) in [4.78, 5) is 19.8. The summed E-state index contributed by atoms with van der Waals surface area (Å²) in [7, 11) is 2.83. The molecular weight excluding hydrogens is 277 g/mol. The van der Waals surface area contributed by atoms with Crippen molar-refractivity contribution in [2.75, 3.05) is 19.5 Å². The van der Waals surface area contributed by atoms with E-state index in [0.717, 1.165) is 0 Å². The Morgan fingerprint density at radius 1 is 1.29 bits per heavy atom. The van der Waals surface area contributed by atoms with Crippen LogP contribution in [0.2, 0.25) is 0 Å². The van der Waals surface area contributed by atoms with E-state index < -0.39 is 11.7 Å². The molecule has 0 bridgehead atoms. The summed E-state index contributed by atoms with van der Waals surface area (Å²) in [6.07, 6.45) is 1.27. The van der Waals surface area contributed by atoms with E-state index in [9.17, 15) is 9.18 Å². The van der Waals surface area contributed by atoms with E-state index in [0.29, 0.717) is 11.3 Å². The quantitative estimate of drug-likeness (QED) is 0.909. The number of nitrogens with one attached hydrogen (secondary N) is 1. The molecule has 7 heteroatoms. The molecule has 0 aliphatic heterocycles. The smallest absolute Gasteiger partial charge is 0.319 e. The van der Waals surface area contributed by atoms with Crippen molar-refractivity contribution in [2.24, 2.45) is 0 Å². The highest BCUT2D eigenvalue weighted by Gasteiger charge is 2.13. The van der Waals surface area contributed by atoms with E-state index in [1.54, 1.807) is 18.2 Å². The molecule has 1 aromatic carbocycles. The summed E-state index contributed by atoms with van der Waals surface area (Å²) in [6, 6.07) is 6.22. The zero-order chi connectivity index (χ0) is 15.2. The number of carbonyl (C=O) groups excluding carboxylic acids is 1. The lowest BCUT2D eigenvalue weighted by Gasteiger charge is -2.09. The number of nitrogens with zero attached hydrogens (tertiary/aromatic N) is 2. The number of carbonyl (C=O) groups is 1. The van der Waals surface area contributed by atoms with Crippen LogP contribution >= 0.6 is 0 Å². The van der Waals surface area contributed by atoms with E-state index in [-0.39, 0.29) is 18.3 Å². The van der Waals surface area contributed by atoms with Gasteiger partial charge in [-0.3, -0.25) is 4.79 Å². The van der Waals surface area contributed by atoms with Crippen LogP contribution in [0.3, 0.4) is 0 Å². The molecule has 0 aliphatic rings. The van der Waals surface area contributed by atoms with Crippen LogP contribution in [0.4, 0.5) is 10.1 Å². The van der Waals surface area contributed by atoms with Gasteiger partial charge in [0.1, 0.15) is 11.5 Å². The normalized spacial score (nSPS) is 10.0. The lowest BCUT2D eigenvalue weighted by Crippen LogP contribution is -2.16. The highest BCUT2D eigenvalue weighted by atomic mass is 19.1. The highest BCUT2D eigenvalue weighted by Crippen LogP contribution is 2.22. The Morgan fingerprint density at radius 3 is 2.71 bits per heavy atom. The molecule has 6 nitrogen and oxygen atoms in total. The van der Waals surface area contributed by atoms with Gasteiger partial charge in [-0.2, -0.15) is 4.98 Å². The molecule has 0 saturated heterocycles. The van der Waals surface area contributed by atoms with Crippen LogP contribution in [0.15, 0.2) is 30.5 Å². The predicted molar refractivity (Wildman–Crippen MR) is 73.9 cm³/mol. The molecule has 0 atom stereocenters. The molecule has 1 heterocycles. The van der Waals surface area contributed by atoms with Gasteiger partial charge < -0.3 is 14.8 Å². The first-order valence-corrected chi connectivity index (χ1v) is 6.12. The Balaban J connectivity index is 2.11. The van der Waals surface area contributed by atoms with Gasteiger partial charge in [0.25, 0.3) is 0 Å². The van der Waals surface area contributed by atoms with Crippen molar-refractivity contribution < 1.29 is 18.7 Å². The topological polar surface area (TPSA) is 73.3 Å². The lowest BCUT2D eigenvalue weighted by molar-refractivity contribution is -0.115. The van der Waals surface area contributed by atoms with Gasteiger partial charge >= 0.3 is 6.01 Å². The predicted octanol–water partition coefficient (Wildman–Crippen LogP) is 1.81. The Hall–Kier alpha value is -2.70. The summed E-state index contributed by atoms with van der Waals surface area (Å²) in [5, 5.41) is 2.58. The fourth-order valence-electron chi connectivity index (χ4n) is 1.70. The molecule has 0 radical (unpaired) electrons. The van der Waals surface area contributed by atoms with Gasteiger partial charge in [0.15, 0.2) is 0 Å². The fourth-order valence-corrected chi connectivity index (χ4v) is 1.70. The Labute approximate surface area is 120 Å². The minimum absolute atomic E-state index is 0.0954. The number of aromatic nitrogens is 2. The number of halogens is 1. The van der Waals surface area contributed by atoms with Crippen LogP contribution in [0.25, 0.3) is 0 Å². The first-order chi connectivity index (χ1) is 10.1. The summed E-state index contributed by atoms with van der Waals surface area (Å²) < 4.78 is 23.4. The molecule has 0 aliphatic carbocycles. The van der Waals surface area contributed by atoms with Gasteiger partial charge in [-0.1, -0.05) is 18.2 Å². The van der Waals surface area contributed by atoms with Crippen molar-refractivity contribution in [3.63, 3.8) is 0 Å². The van der Waals surface area contributed by atoms with E-state index in [1.807, 2.05) is 0 Å². The number of benzene rings is 1. The van der Waals surface area contributed by atoms with Crippen LogP contribution in [-0.2, 0) is 11.2 Å². The van der Waals surface area contributed by atoms with Gasteiger partial charge in [0, 0.05) is 0 Å². The SMILES string of the molecule is COc1ncc(NC(=O)Cc2ccccc2F)c(OC)n1. The number of hydrogen-bond acceptors (Lipinski definition) is 5. The Bertz CT molecular complexity index is 649. The van der Waals surface area contributed by atoms with Crippen LogP contribution in [0.1, 0.15) is 5.56 Å². The van der Waals surface area contributed by atoms with E-state index in [1.165, 1.54) is 26.5 Å². The van der Waals surface area contributed by atoms with Crippen LogP contribution in [-0.4, -0.2) is 30.1 Å². The molecule has 0 fully saturated rings. The molecule has 1 aromatic heterocycles. The second-order valence-electron chi connectivity index (χ2n) is 4.10. The maximum Gasteiger partial charge on any atom is 0.319 e. The molecular formula is C14H14FN3O3. The minimum Gasteiger partial charge on any atom is -0.479 e. The van der Waals surface area contributed by atoms with Crippen molar-refractivity contribution in [3.8, 4) is 11.9 Å². The van der Waals surface area contributed by atoms with Gasteiger partial charge in [-0.15, -0.1) is 0 Å². The third-order valence-electron chi connectivity index (χ3n) is 2.69. The zero-order valence-electron chi connectivity index (χ0n) is 11.6. The maximum atomic E-state index is 13.5.